The number of amidine groups is 1. The highest BCUT2D eigenvalue weighted by Gasteiger charge is 2.44. The largest absolute Gasteiger partial charge is 0.350 e. The van der Waals surface area contributed by atoms with Crippen molar-refractivity contribution in [1.29, 1.82) is 0 Å². The van der Waals surface area contributed by atoms with E-state index in [-0.39, 0.29) is 6.04 Å². The minimum Gasteiger partial charge on any atom is -0.350 e. The Bertz CT molecular complexity index is 903. The monoisotopic (exact) mass is 338 g/mol. The molecular weight excluding hydrogens is 316 g/mol. The molecule has 0 aromatic heterocycles. The molecule has 0 spiro atoms. The van der Waals surface area contributed by atoms with Crippen molar-refractivity contribution >= 4 is 5.84 Å². The number of rotatable bonds is 3. The fourth-order valence-corrected chi connectivity index (χ4v) is 4.46. The zero-order valence-electron chi connectivity index (χ0n) is 14.7. The van der Waals surface area contributed by atoms with Crippen LogP contribution in [0, 0.1) is 0 Å². The van der Waals surface area contributed by atoms with Gasteiger partial charge < -0.3 is 4.90 Å². The normalized spacial score (nSPS) is 24.4. The van der Waals surface area contributed by atoms with Gasteiger partial charge in [-0.25, -0.2) is 0 Å². The van der Waals surface area contributed by atoms with E-state index >= 15 is 0 Å². The molecule has 3 atom stereocenters. The van der Waals surface area contributed by atoms with E-state index in [0.717, 1.165) is 13.0 Å². The fourth-order valence-electron chi connectivity index (χ4n) is 4.46. The van der Waals surface area contributed by atoms with Crippen LogP contribution in [0.3, 0.4) is 0 Å². The molecule has 0 amide bonds. The van der Waals surface area contributed by atoms with Crippen molar-refractivity contribution in [1.82, 2.24) is 4.90 Å². The molecule has 2 nitrogen and oxygen atoms in total. The lowest BCUT2D eigenvalue weighted by atomic mass is 9.94. The predicted molar refractivity (Wildman–Crippen MR) is 106 cm³/mol. The Hall–Kier alpha value is -2.87. The summed E-state index contributed by atoms with van der Waals surface area (Å²) in [6, 6.07) is 32.9. The van der Waals surface area contributed by atoms with E-state index in [9.17, 15) is 0 Å². The molecule has 128 valence electrons. The van der Waals surface area contributed by atoms with Crippen molar-refractivity contribution in [3.63, 3.8) is 0 Å². The highest BCUT2D eigenvalue weighted by Crippen LogP contribution is 2.48. The van der Waals surface area contributed by atoms with Gasteiger partial charge in [0.1, 0.15) is 11.9 Å². The molecule has 0 saturated carbocycles. The summed E-state index contributed by atoms with van der Waals surface area (Å²) in [4.78, 5) is 7.82. The van der Waals surface area contributed by atoms with Gasteiger partial charge >= 0.3 is 0 Å². The summed E-state index contributed by atoms with van der Waals surface area (Å²) >= 11 is 0. The average Bonchev–Trinajstić information content (AvgIpc) is 3.29. The number of hydrogen-bond donors (Lipinski definition) is 0. The Labute approximate surface area is 154 Å². The number of fused-ring (bicyclic) bond motifs is 1. The summed E-state index contributed by atoms with van der Waals surface area (Å²) in [6.07, 6.45) is 1.15. The maximum absolute atomic E-state index is 5.28. The van der Waals surface area contributed by atoms with Crippen molar-refractivity contribution < 1.29 is 0 Å². The minimum atomic E-state index is 0.167. The third-order valence-corrected chi connectivity index (χ3v) is 5.65. The lowest BCUT2D eigenvalue weighted by Gasteiger charge is -2.28. The molecule has 0 N–H and O–H groups in total. The maximum Gasteiger partial charge on any atom is 0.108 e. The number of benzene rings is 3. The van der Waals surface area contributed by atoms with E-state index in [1.807, 2.05) is 0 Å². The molecule has 1 fully saturated rings. The topological polar surface area (TPSA) is 15.6 Å². The quantitative estimate of drug-likeness (QED) is 0.627. The van der Waals surface area contributed by atoms with Crippen LogP contribution in [0.2, 0.25) is 0 Å². The molecule has 3 aromatic carbocycles. The van der Waals surface area contributed by atoms with E-state index in [0.29, 0.717) is 12.0 Å². The molecular formula is C24H22N2. The molecule has 2 aliphatic rings. The lowest BCUT2D eigenvalue weighted by molar-refractivity contribution is 0.329. The summed E-state index contributed by atoms with van der Waals surface area (Å²) in [7, 11) is 0. The van der Waals surface area contributed by atoms with E-state index in [2.05, 4.69) is 95.9 Å². The zero-order chi connectivity index (χ0) is 17.3. The smallest absolute Gasteiger partial charge is 0.108 e. The highest BCUT2D eigenvalue weighted by atomic mass is 15.3. The SMILES string of the molecule is c1ccc(C2CCN3C2=N[C@@H](c2ccccc2)[C@@H]3c2ccccc2)cc1. The summed E-state index contributed by atoms with van der Waals surface area (Å²) in [5.74, 6) is 1.68. The second-order valence-corrected chi connectivity index (χ2v) is 7.14. The number of hydrogen-bond acceptors (Lipinski definition) is 2. The Morgan fingerprint density at radius 3 is 1.81 bits per heavy atom. The predicted octanol–water partition coefficient (Wildman–Crippen LogP) is 5.37. The van der Waals surface area contributed by atoms with Crippen molar-refractivity contribution in [2.24, 2.45) is 4.99 Å². The van der Waals surface area contributed by atoms with Crippen LogP contribution >= 0.6 is 0 Å². The first-order valence-electron chi connectivity index (χ1n) is 9.41. The highest BCUT2D eigenvalue weighted by molar-refractivity contribution is 5.93. The summed E-state index contributed by atoms with van der Waals surface area (Å²) in [6.45, 7) is 1.07. The van der Waals surface area contributed by atoms with Gasteiger partial charge in [-0.15, -0.1) is 0 Å². The fraction of sp³-hybridized carbons (Fsp3) is 0.208. The first kappa shape index (κ1) is 15.4. The molecule has 5 rings (SSSR count). The van der Waals surface area contributed by atoms with E-state index in [1.165, 1.54) is 22.5 Å². The third-order valence-electron chi connectivity index (χ3n) is 5.65. The van der Waals surface area contributed by atoms with E-state index < -0.39 is 0 Å². The van der Waals surface area contributed by atoms with Gasteiger partial charge in [-0.05, 0) is 23.1 Å². The van der Waals surface area contributed by atoms with Gasteiger partial charge in [0, 0.05) is 12.5 Å². The summed E-state index contributed by atoms with van der Waals surface area (Å²) < 4.78 is 0. The Morgan fingerprint density at radius 2 is 1.19 bits per heavy atom. The summed E-state index contributed by atoms with van der Waals surface area (Å²) in [5.41, 5.74) is 4.04. The van der Waals surface area contributed by atoms with Crippen LogP contribution in [0.5, 0.6) is 0 Å². The lowest BCUT2D eigenvalue weighted by Crippen LogP contribution is -2.28. The van der Waals surface area contributed by atoms with Gasteiger partial charge in [-0.3, -0.25) is 4.99 Å². The molecule has 0 radical (unpaired) electrons. The molecule has 0 bridgehead atoms. The Kier molecular flexibility index (Phi) is 3.82. The molecule has 2 heterocycles. The van der Waals surface area contributed by atoms with Crippen LogP contribution in [0.25, 0.3) is 0 Å². The molecule has 1 saturated heterocycles. The third kappa shape index (κ3) is 2.53. The molecule has 2 aliphatic heterocycles. The first-order valence-corrected chi connectivity index (χ1v) is 9.41. The second kappa shape index (κ2) is 6.45. The van der Waals surface area contributed by atoms with Crippen LogP contribution in [0.4, 0.5) is 0 Å². The zero-order valence-corrected chi connectivity index (χ0v) is 14.7. The van der Waals surface area contributed by atoms with Crippen LogP contribution in [0.15, 0.2) is 96.0 Å². The van der Waals surface area contributed by atoms with Crippen LogP contribution in [0.1, 0.15) is 41.1 Å². The van der Waals surface area contributed by atoms with Crippen LogP contribution < -0.4 is 0 Å². The minimum absolute atomic E-state index is 0.167. The standard InChI is InChI=1S/C24H22N2/c1-4-10-18(11-5-1)21-16-17-26-23(20-14-8-3-9-15-20)22(25-24(21)26)19-12-6-2-7-13-19/h1-15,21-23H,16-17H2/t21?,22-,23-/m0/s1. The second-order valence-electron chi connectivity index (χ2n) is 7.14. The maximum atomic E-state index is 5.28. The Balaban J connectivity index is 1.59. The van der Waals surface area contributed by atoms with Gasteiger partial charge in [-0.1, -0.05) is 91.0 Å². The molecule has 2 heteroatoms. The van der Waals surface area contributed by atoms with Crippen LogP contribution in [-0.2, 0) is 0 Å². The average molecular weight is 338 g/mol. The molecule has 0 aliphatic carbocycles. The molecule has 3 aromatic rings. The van der Waals surface area contributed by atoms with E-state index in [1.54, 1.807) is 0 Å². The van der Waals surface area contributed by atoms with Gasteiger partial charge in [0.2, 0.25) is 0 Å². The molecule has 26 heavy (non-hydrogen) atoms. The van der Waals surface area contributed by atoms with Gasteiger partial charge in [-0.2, -0.15) is 0 Å². The number of aliphatic imine (C=N–C) groups is 1. The summed E-state index contributed by atoms with van der Waals surface area (Å²) in [5, 5.41) is 0. The Morgan fingerprint density at radius 1 is 0.654 bits per heavy atom. The molecule has 1 unspecified atom stereocenters. The van der Waals surface area contributed by atoms with Crippen molar-refractivity contribution in [2.75, 3.05) is 6.54 Å². The van der Waals surface area contributed by atoms with Crippen LogP contribution in [-0.4, -0.2) is 17.3 Å². The van der Waals surface area contributed by atoms with E-state index in [4.69, 9.17) is 4.99 Å². The van der Waals surface area contributed by atoms with Crippen molar-refractivity contribution in [2.45, 2.75) is 24.4 Å². The van der Waals surface area contributed by atoms with Gasteiger partial charge in [0.25, 0.3) is 0 Å². The van der Waals surface area contributed by atoms with Gasteiger partial charge in [0.15, 0.2) is 0 Å². The first-order chi connectivity index (χ1) is 12.9. The number of nitrogens with zero attached hydrogens (tertiary/aromatic N) is 2. The van der Waals surface area contributed by atoms with Crippen molar-refractivity contribution in [3.8, 4) is 0 Å². The van der Waals surface area contributed by atoms with Gasteiger partial charge in [0.05, 0.1) is 6.04 Å². The van der Waals surface area contributed by atoms with Crippen molar-refractivity contribution in [3.05, 3.63) is 108 Å².